The summed E-state index contributed by atoms with van der Waals surface area (Å²) in [6, 6.07) is 18.3. The van der Waals surface area contributed by atoms with Crippen LogP contribution in [0.5, 0.6) is 5.75 Å². The molecule has 0 aromatic heterocycles. The SMILES string of the molecule is CC(C)(C)C(=O)C1=C(C(C)(C)C)Oc2ccccc2C1c1ccccc1. The molecule has 0 amide bonds. The second kappa shape index (κ2) is 6.42. The van der Waals surface area contributed by atoms with Crippen molar-refractivity contribution in [2.24, 2.45) is 10.8 Å². The maximum Gasteiger partial charge on any atom is 0.168 e. The summed E-state index contributed by atoms with van der Waals surface area (Å²) in [5.74, 6) is 1.66. The van der Waals surface area contributed by atoms with Gasteiger partial charge in [0.25, 0.3) is 0 Å². The first-order valence-corrected chi connectivity index (χ1v) is 9.22. The third-order valence-electron chi connectivity index (χ3n) is 4.72. The third kappa shape index (κ3) is 3.33. The molecule has 0 bridgehead atoms. The van der Waals surface area contributed by atoms with Crippen molar-refractivity contribution in [2.45, 2.75) is 47.5 Å². The molecule has 0 saturated heterocycles. The van der Waals surface area contributed by atoms with Gasteiger partial charge in [0.15, 0.2) is 5.78 Å². The Morgan fingerprint density at radius 2 is 1.42 bits per heavy atom. The molecule has 1 aliphatic rings. The van der Waals surface area contributed by atoms with E-state index in [2.05, 4.69) is 39.0 Å². The first-order chi connectivity index (χ1) is 12.1. The van der Waals surface area contributed by atoms with Gasteiger partial charge in [-0.2, -0.15) is 0 Å². The van der Waals surface area contributed by atoms with Crippen molar-refractivity contribution >= 4 is 5.78 Å². The topological polar surface area (TPSA) is 26.3 Å². The third-order valence-corrected chi connectivity index (χ3v) is 4.72. The Morgan fingerprint density at radius 1 is 0.846 bits per heavy atom. The van der Waals surface area contributed by atoms with Crippen molar-refractivity contribution in [3.63, 3.8) is 0 Å². The van der Waals surface area contributed by atoms with E-state index in [0.717, 1.165) is 28.2 Å². The van der Waals surface area contributed by atoms with Crippen LogP contribution in [0.25, 0.3) is 0 Å². The van der Waals surface area contributed by atoms with Gasteiger partial charge in [0.1, 0.15) is 11.5 Å². The molecule has 0 fully saturated rings. The standard InChI is InChI=1S/C24H28O2/c1-23(2,3)21(25)20-19(16-12-8-7-9-13-16)17-14-10-11-15-18(17)26-22(20)24(4,5)6/h7-15,19H,1-6H3. The molecule has 2 aromatic rings. The fourth-order valence-electron chi connectivity index (χ4n) is 3.45. The highest BCUT2D eigenvalue weighted by Gasteiger charge is 2.41. The molecule has 2 aromatic carbocycles. The minimum absolute atomic E-state index is 0.109. The van der Waals surface area contributed by atoms with E-state index in [1.807, 2.05) is 57.2 Å². The summed E-state index contributed by atoms with van der Waals surface area (Å²) in [7, 11) is 0. The predicted octanol–water partition coefficient (Wildman–Crippen LogP) is 6.13. The quantitative estimate of drug-likeness (QED) is 0.653. The van der Waals surface area contributed by atoms with E-state index in [1.165, 1.54) is 0 Å². The van der Waals surface area contributed by atoms with E-state index in [-0.39, 0.29) is 17.1 Å². The highest BCUT2D eigenvalue weighted by atomic mass is 16.5. The second-order valence-corrected chi connectivity index (χ2v) is 9.06. The molecule has 0 N–H and O–H groups in total. The van der Waals surface area contributed by atoms with E-state index in [4.69, 9.17) is 4.74 Å². The van der Waals surface area contributed by atoms with Gasteiger partial charge in [-0.15, -0.1) is 0 Å². The van der Waals surface area contributed by atoms with Crippen molar-refractivity contribution in [2.75, 3.05) is 0 Å². The minimum atomic E-state index is -0.478. The normalized spacial score (nSPS) is 17.5. The molecule has 1 unspecified atom stereocenters. The molecule has 2 nitrogen and oxygen atoms in total. The van der Waals surface area contributed by atoms with Crippen LogP contribution in [0.1, 0.15) is 58.6 Å². The van der Waals surface area contributed by atoms with E-state index in [0.29, 0.717) is 0 Å². The zero-order chi connectivity index (χ0) is 19.1. The lowest BCUT2D eigenvalue weighted by atomic mass is 9.71. The van der Waals surface area contributed by atoms with E-state index < -0.39 is 5.41 Å². The summed E-state index contributed by atoms with van der Waals surface area (Å²) >= 11 is 0. The number of carbonyl (C=O) groups excluding carboxylic acids is 1. The molecule has 136 valence electrons. The molecule has 1 atom stereocenters. The zero-order valence-electron chi connectivity index (χ0n) is 16.6. The number of carbonyl (C=O) groups is 1. The van der Waals surface area contributed by atoms with Crippen molar-refractivity contribution < 1.29 is 9.53 Å². The molecule has 1 aliphatic heterocycles. The maximum absolute atomic E-state index is 13.5. The van der Waals surface area contributed by atoms with Crippen LogP contribution in [0, 0.1) is 10.8 Å². The van der Waals surface area contributed by atoms with Gasteiger partial charge in [-0.1, -0.05) is 90.1 Å². The average Bonchev–Trinajstić information content (AvgIpc) is 2.58. The Kier molecular flexibility index (Phi) is 4.56. The maximum atomic E-state index is 13.5. The van der Waals surface area contributed by atoms with Crippen LogP contribution in [0.4, 0.5) is 0 Å². The molecular formula is C24H28O2. The molecule has 0 saturated carbocycles. The predicted molar refractivity (Wildman–Crippen MR) is 106 cm³/mol. The summed E-state index contributed by atoms with van der Waals surface area (Å²) in [6.07, 6.45) is 0. The monoisotopic (exact) mass is 348 g/mol. The Labute approximate surface area is 156 Å². The van der Waals surface area contributed by atoms with Crippen LogP contribution in [0.3, 0.4) is 0 Å². The fourth-order valence-corrected chi connectivity index (χ4v) is 3.45. The largest absolute Gasteiger partial charge is 0.460 e. The molecule has 0 radical (unpaired) electrons. The molecular weight excluding hydrogens is 320 g/mol. The Hall–Kier alpha value is -2.35. The highest BCUT2D eigenvalue weighted by Crippen LogP contribution is 2.48. The van der Waals surface area contributed by atoms with Crippen molar-refractivity contribution in [3.05, 3.63) is 77.1 Å². The average molecular weight is 348 g/mol. The second-order valence-electron chi connectivity index (χ2n) is 9.06. The van der Waals surface area contributed by atoms with Gasteiger partial charge in [-0.05, 0) is 11.6 Å². The van der Waals surface area contributed by atoms with E-state index >= 15 is 0 Å². The zero-order valence-corrected chi connectivity index (χ0v) is 16.6. The highest BCUT2D eigenvalue weighted by molar-refractivity contribution is 6.02. The first-order valence-electron chi connectivity index (χ1n) is 9.22. The molecule has 0 spiro atoms. The van der Waals surface area contributed by atoms with Gasteiger partial charge >= 0.3 is 0 Å². The Bertz CT molecular complexity index is 846. The Balaban J connectivity index is 2.34. The van der Waals surface area contributed by atoms with Gasteiger partial charge in [0.05, 0.1) is 0 Å². The lowest BCUT2D eigenvalue weighted by molar-refractivity contribution is -0.123. The molecule has 2 heteroatoms. The number of rotatable bonds is 2. The number of hydrogen-bond donors (Lipinski definition) is 0. The van der Waals surface area contributed by atoms with Crippen LogP contribution in [0.2, 0.25) is 0 Å². The van der Waals surface area contributed by atoms with Gasteiger partial charge in [0.2, 0.25) is 0 Å². The number of Topliss-reactive ketones (excluding diaryl/α,β-unsaturated/α-hetero) is 1. The van der Waals surface area contributed by atoms with Crippen molar-refractivity contribution in [3.8, 4) is 5.75 Å². The molecule has 0 aliphatic carbocycles. The lowest BCUT2D eigenvalue weighted by Gasteiger charge is -2.37. The molecule has 1 heterocycles. The van der Waals surface area contributed by atoms with Crippen LogP contribution >= 0.6 is 0 Å². The van der Waals surface area contributed by atoms with Gasteiger partial charge < -0.3 is 4.74 Å². The number of ketones is 1. The number of ether oxygens (including phenoxy) is 1. The molecule has 26 heavy (non-hydrogen) atoms. The number of para-hydroxylation sites is 1. The number of benzene rings is 2. The summed E-state index contributed by atoms with van der Waals surface area (Å²) in [5, 5.41) is 0. The summed E-state index contributed by atoms with van der Waals surface area (Å²) in [4.78, 5) is 13.5. The van der Waals surface area contributed by atoms with Gasteiger partial charge in [-0.3, -0.25) is 4.79 Å². The number of fused-ring (bicyclic) bond motifs is 1. The fraction of sp³-hybridized carbons (Fsp3) is 0.375. The molecule has 3 rings (SSSR count). The van der Waals surface area contributed by atoms with Crippen LogP contribution < -0.4 is 4.74 Å². The summed E-state index contributed by atoms with van der Waals surface area (Å²) < 4.78 is 6.34. The van der Waals surface area contributed by atoms with E-state index in [1.54, 1.807) is 0 Å². The van der Waals surface area contributed by atoms with Crippen molar-refractivity contribution in [1.82, 2.24) is 0 Å². The van der Waals surface area contributed by atoms with Crippen LogP contribution in [-0.2, 0) is 4.79 Å². The number of allylic oxidation sites excluding steroid dienone is 2. The first kappa shape index (κ1) is 18.4. The lowest BCUT2D eigenvalue weighted by Crippen LogP contribution is -2.33. The number of hydrogen-bond acceptors (Lipinski definition) is 2. The minimum Gasteiger partial charge on any atom is -0.460 e. The van der Waals surface area contributed by atoms with Crippen LogP contribution in [0.15, 0.2) is 65.9 Å². The summed E-state index contributed by atoms with van der Waals surface area (Å²) in [5.41, 5.74) is 2.22. The Morgan fingerprint density at radius 3 is 2.00 bits per heavy atom. The van der Waals surface area contributed by atoms with Gasteiger partial charge in [-0.25, -0.2) is 0 Å². The summed E-state index contributed by atoms with van der Waals surface area (Å²) in [6.45, 7) is 12.2. The van der Waals surface area contributed by atoms with Gasteiger partial charge in [0, 0.05) is 27.9 Å². The van der Waals surface area contributed by atoms with E-state index in [9.17, 15) is 4.79 Å². The van der Waals surface area contributed by atoms with Crippen molar-refractivity contribution in [1.29, 1.82) is 0 Å². The van der Waals surface area contributed by atoms with Crippen LogP contribution in [-0.4, -0.2) is 5.78 Å². The smallest absolute Gasteiger partial charge is 0.168 e.